The van der Waals surface area contributed by atoms with Gasteiger partial charge in [0, 0.05) is 30.8 Å². The van der Waals surface area contributed by atoms with Gasteiger partial charge in [-0.1, -0.05) is 0 Å². The van der Waals surface area contributed by atoms with Crippen LogP contribution < -0.4 is 4.90 Å². The molecule has 0 bridgehead atoms. The summed E-state index contributed by atoms with van der Waals surface area (Å²) in [5, 5.41) is 8.80. The number of hydrogen-bond donors (Lipinski definition) is 1. The summed E-state index contributed by atoms with van der Waals surface area (Å²) in [6.07, 6.45) is 5.87. The Morgan fingerprint density at radius 1 is 1.50 bits per heavy atom. The lowest BCUT2D eigenvalue weighted by Crippen LogP contribution is -2.40. The zero-order chi connectivity index (χ0) is 13.0. The van der Waals surface area contributed by atoms with Gasteiger partial charge in [-0.05, 0) is 32.6 Å². The average Bonchev–Trinajstić information content (AvgIpc) is 2.36. The van der Waals surface area contributed by atoms with Crippen molar-refractivity contribution < 1.29 is 9.90 Å². The zero-order valence-corrected chi connectivity index (χ0v) is 10.7. The molecule has 2 heterocycles. The monoisotopic (exact) mass is 249 g/mol. The minimum atomic E-state index is -0.723. The number of piperidine rings is 1. The maximum atomic E-state index is 10.7. The molecule has 0 aliphatic carbocycles. The van der Waals surface area contributed by atoms with Crippen LogP contribution in [-0.2, 0) is 4.79 Å². The molecule has 1 fully saturated rings. The normalized spacial score (nSPS) is 19.8. The van der Waals surface area contributed by atoms with Gasteiger partial charge in [0.05, 0.1) is 0 Å². The molecule has 1 aliphatic rings. The minimum Gasteiger partial charge on any atom is -0.481 e. The smallest absolute Gasteiger partial charge is 0.303 e. The van der Waals surface area contributed by atoms with Gasteiger partial charge in [0.2, 0.25) is 0 Å². The Labute approximate surface area is 107 Å². The summed E-state index contributed by atoms with van der Waals surface area (Å²) >= 11 is 0. The van der Waals surface area contributed by atoms with Crippen LogP contribution in [0.5, 0.6) is 0 Å². The number of carboxylic acids is 1. The Bertz CT molecular complexity index is 422. The number of carboxylic acid groups (broad SMARTS) is 1. The topological polar surface area (TPSA) is 66.3 Å². The quantitative estimate of drug-likeness (QED) is 0.884. The van der Waals surface area contributed by atoms with Crippen molar-refractivity contribution >= 4 is 11.8 Å². The molecule has 18 heavy (non-hydrogen) atoms. The highest BCUT2D eigenvalue weighted by Crippen LogP contribution is 2.25. The molecule has 1 aromatic heterocycles. The number of nitrogens with zero attached hydrogens (tertiary/aromatic N) is 3. The fraction of sp³-hybridized carbons (Fsp3) is 0.615. The molecular weight excluding hydrogens is 230 g/mol. The first-order valence-electron chi connectivity index (χ1n) is 6.44. The van der Waals surface area contributed by atoms with E-state index < -0.39 is 5.97 Å². The van der Waals surface area contributed by atoms with Crippen molar-refractivity contribution in [3.05, 3.63) is 18.1 Å². The van der Waals surface area contributed by atoms with E-state index in [0.29, 0.717) is 12.5 Å². The van der Waals surface area contributed by atoms with Crippen LogP contribution in [0, 0.1) is 6.92 Å². The SMILES string of the molecule is Cc1cc(N2CCCCC2CCC(=O)O)ncn1. The van der Waals surface area contributed by atoms with Crippen molar-refractivity contribution in [1.82, 2.24) is 9.97 Å². The van der Waals surface area contributed by atoms with Crippen LogP contribution in [0.4, 0.5) is 5.82 Å². The van der Waals surface area contributed by atoms with E-state index in [1.54, 1.807) is 6.33 Å². The third kappa shape index (κ3) is 3.18. The van der Waals surface area contributed by atoms with Crippen molar-refractivity contribution in [2.75, 3.05) is 11.4 Å². The van der Waals surface area contributed by atoms with Gasteiger partial charge in [0.25, 0.3) is 0 Å². The zero-order valence-electron chi connectivity index (χ0n) is 10.7. The first-order valence-corrected chi connectivity index (χ1v) is 6.44. The van der Waals surface area contributed by atoms with Gasteiger partial charge in [-0.15, -0.1) is 0 Å². The number of aryl methyl sites for hydroxylation is 1. The van der Waals surface area contributed by atoms with Gasteiger partial charge >= 0.3 is 5.97 Å². The first kappa shape index (κ1) is 12.8. The highest BCUT2D eigenvalue weighted by atomic mass is 16.4. The Kier molecular flexibility index (Phi) is 4.12. The maximum absolute atomic E-state index is 10.7. The molecule has 0 amide bonds. The van der Waals surface area contributed by atoms with Crippen molar-refractivity contribution in [3.63, 3.8) is 0 Å². The average molecular weight is 249 g/mol. The number of aromatic nitrogens is 2. The Morgan fingerprint density at radius 3 is 3.06 bits per heavy atom. The van der Waals surface area contributed by atoms with Crippen molar-refractivity contribution in [3.8, 4) is 0 Å². The summed E-state index contributed by atoms with van der Waals surface area (Å²) < 4.78 is 0. The van der Waals surface area contributed by atoms with E-state index in [0.717, 1.165) is 30.9 Å². The standard InChI is InChI=1S/C13H19N3O2/c1-10-8-12(15-9-14-10)16-7-3-2-4-11(16)5-6-13(17)18/h8-9,11H,2-7H2,1H3,(H,17,18). The first-order chi connectivity index (χ1) is 8.66. The highest BCUT2D eigenvalue weighted by Gasteiger charge is 2.24. The van der Waals surface area contributed by atoms with Gasteiger partial charge in [0.1, 0.15) is 12.1 Å². The number of rotatable bonds is 4. The molecule has 98 valence electrons. The molecule has 1 atom stereocenters. The minimum absolute atomic E-state index is 0.227. The Morgan fingerprint density at radius 2 is 2.33 bits per heavy atom. The lowest BCUT2D eigenvalue weighted by Gasteiger charge is -2.36. The number of carbonyl (C=O) groups is 1. The molecule has 1 saturated heterocycles. The third-order valence-corrected chi connectivity index (χ3v) is 3.40. The van der Waals surface area contributed by atoms with Crippen LogP contribution >= 0.6 is 0 Å². The summed E-state index contributed by atoms with van der Waals surface area (Å²) in [4.78, 5) is 21.3. The fourth-order valence-electron chi connectivity index (χ4n) is 2.49. The number of anilines is 1. The van der Waals surface area contributed by atoms with E-state index in [1.165, 1.54) is 6.42 Å². The van der Waals surface area contributed by atoms with E-state index >= 15 is 0 Å². The van der Waals surface area contributed by atoms with Gasteiger partial charge in [-0.3, -0.25) is 4.79 Å². The van der Waals surface area contributed by atoms with E-state index in [1.807, 2.05) is 13.0 Å². The summed E-state index contributed by atoms with van der Waals surface area (Å²) in [6.45, 7) is 2.90. The lowest BCUT2D eigenvalue weighted by atomic mass is 9.98. The molecule has 1 N–H and O–H groups in total. The fourth-order valence-corrected chi connectivity index (χ4v) is 2.49. The van der Waals surface area contributed by atoms with Crippen molar-refractivity contribution in [1.29, 1.82) is 0 Å². The Balaban J connectivity index is 2.09. The van der Waals surface area contributed by atoms with Gasteiger partial charge < -0.3 is 10.0 Å². The van der Waals surface area contributed by atoms with E-state index in [4.69, 9.17) is 5.11 Å². The molecule has 5 heteroatoms. The Hall–Kier alpha value is -1.65. The maximum Gasteiger partial charge on any atom is 0.303 e. The molecule has 0 aromatic carbocycles. The second kappa shape index (κ2) is 5.80. The van der Waals surface area contributed by atoms with Crippen LogP contribution in [0.25, 0.3) is 0 Å². The van der Waals surface area contributed by atoms with Gasteiger partial charge in [-0.25, -0.2) is 9.97 Å². The second-order valence-electron chi connectivity index (χ2n) is 4.79. The van der Waals surface area contributed by atoms with E-state index in [9.17, 15) is 4.79 Å². The second-order valence-corrected chi connectivity index (χ2v) is 4.79. The molecule has 0 radical (unpaired) electrons. The van der Waals surface area contributed by atoms with Crippen LogP contribution in [0.2, 0.25) is 0 Å². The predicted molar refractivity (Wildman–Crippen MR) is 68.6 cm³/mol. The van der Waals surface area contributed by atoms with Gasteiger partial charge in [-0.2, -0.15) is 0 Å². The molecule has 1 aliphatic heterocycles. The molecule has 0 spiro atoms. The largest absolute Gasteiger partial charge is 0.481 e. The molecule has 1 unspecified atom stereocenters. The van der Waals surface area contributed by atoms with Gasteiger partial charge in [0.15, 0.2) is 0 Å². The lowest BCUT2D eigenvalue weighted by molar-refractivity contribution is -0.137. The van der Waals surface area contributed by atoms with Crippen molar-refractivity contribution in [2.24, 2.45) is 0 Å². The van der Waals surface area contributed by atoms with Crippen LogP contribution in [-0.4, -0.2) is 33.6 Å². The van der Waals surface area contributed by atoms with E-state index in [2.05, 4.69) is 14.9 Å². The molecule has 0 saturated carbocycles. The summed E-state index contributed by atoms with van der Waals surface area (Å²) in [6, 6.07) is 2.27. The summed E-state index contributed by atoms with van der Waals surface area (Å²) in [5.41, 5.74) is 0.947. The number of hydrogen-bond acceptors (Lipinski definition) is 4. The number of aliphatic carboxylic acids is 1. The molecule has 2 rings (SSSR count). The van der Waals surface area contributed by atoms with Crippen LogP contribution in [0.15, 0.2) is 12.4 Å². The summed E-state index contributed by atoms with van der Waals surface area (Å²) in [7, 11) is 0. The van der Waals surface area contributed by atoms with Crippen LogP contribution in [0.1, 0.15) is 37.8 Å². The predicted octanol–water partition coefficient (Wildman–Crippen LogP) is 2.01. The third-order valence-electron chi connectivity index (χ3n) is 3.40. The molecular formula is C13H19N3O2. The van der Waals surface area contributed by atoms with E-state index in [-0.39, 0.29) is 6.42 Å². The molecule has 1 aromatic rings. The summed E-state index contributed by atoms with van der Waals surface area (Å²) in [5.74, 6) is 0.206. The highest BCUT2D eigenvalue weighted by molar-refractivity contribution is 5.66. The van der Waals surface area contributed by atoms with Crippen molar-refractivity contribution in [2.45, 2.75) is 45.1 Å². The van der Waals surface area contributed by atoms with Crippen LogP contribution in [0.3, 0.4) is 0 Å². The molecule has 5 nitrogen and oxygen atoms in total.